The third-order valence-corrected chi connectivity index (χ3v) is 4.98. The predicted molar refractivity (Wildman–Crippen MR) is 110 cm³/mol. The van der Waals surface area contributed by atoms with Crippen molar-refractivity contribution in [2.24, 2.45) is 4.99 Å². The lowest BCUT2D eigenvalue weighted by Gasteiger charge is -2.30. The summed E-state index contributed by atoms with van der Waals surface area (Å²) < 4.78 is 0. The number of nitrogens with one attached hydrogen (secondary N) is 2. The standard InChI is InChI=1S/C17H27N3S.HI/c1-18-16(19-12-13-21-2)20-14-17(10-6-7-11-17)15-8-4-3-5-9-15;/h3-5,8-9H,6-7,10-14H2,1-2H3,(H2,18,19,20);1H. The summed E-state index contributed by atoms with van der Waals surface area (Å²) in [6, 6.07) is 11.0. The summed E-state index contributed by atoms with van der Waals surface area (Å²) in [7, 11) is 1.85. The molecule has 0 saturated heterocycles. The van der Waals surface area contributed by atoms with Crippen LogP contribution in [-0.4, -0.2) is 38.1 Å². The van der Waals surface area contributed by atoms with Gasteiger partial charge in [0.05, 0.1) is 0 Å². The van der Waals surface area contributed by atoms with E-state index in [2.05, 4.69) is 52.2 Å². The summed E-state index contributed by atoms with van der Waals surface area (Å²) in [5, 5.41) is 6.92. The highest BCUT2D eigenvalue weighted by molar-refractivity contribution is 14.0. The SMILES string of the molecule is CN=C(NCCSC)NCC1(c2ccccc2)CCCC1.I. The molecular formula is C17H28IN3S. The van der Waals surface area contributed by atoms with Crippen LogP contribution in [0.1, 0.15) is 31.2 Å². The zero-order valence-electron chi connectivity index (χ0n) is 13.6. The first kappa shape index (κ1) is 19.6. The van der Waals surface area contributed by atoms with Crippen LogP contribution < -0.4 is 10.6 Å². The smallest absolute Gasteiger partial charge is 0.191 e. The van der Waals surface area contributed by atoms with E-state index in [1.807, 2.05) is 18.8 Å². The maximum Gasteiger partial charge on any atom is 0.191 e. The molecule has 22 heavy (non-hydrogen) atoms. The van der Waals surface area contributed by atoms with Crippen molar-refractivity contribution < 1.29 is 0 Å². The Balaban J connectivity index is 0.00000242. The van der Waals surface area contributed by atoms with Crippen molar-refractivity contribution in [1.82, 2.24) is 10.6 Å². The van der Waals surface area contributed by atoms with Crippen LogP contribution in [0.15, 0.2) is 35.3 Å². The molecule has 0 bridgehead atoms. The van der Waals surface area contributed by atoms with Gasteiger partial charge in [0.15, 0.2) is 5.96 Å². The normalized spacial score (nSPS) is 16.9. The molecule has 0 unspecified atom stereocenters. The predicted octanol–water partition coefficient (Wildman–Crippen LogP) is 3.64. The summed E-state index contributed by atoms with van der Waals surface area (Å²) >= 11 is 1.85. The number of halogens is 1. The molecule has 1 aliphatic carbocycles. The summed E-state index contributed by atoms with van der Waals surface area (Å²) in [4.78, 5) is 4.33. The number of rotatable bonds is 6. The molecule has 0 radical (unpaired) electrons. The summed E-state index contributed by atoms with van der Waals surface area (Å²) in [5.74, 6) is 2.02. The third kappa shape index (κ3) is 5.33. The Morgan fingerprint density at radius 2 is 1.86 bits per heavy atom. The second kappa shape index (κ2) is 10.4. The average Bonchev–Trinajstić information content (AvgIpc) is 3.02. The maximum absolute atomic E-state index is 4.33. The van der Waals surface area contributed by atoms with Crippen LogP contribution in [0.3, 0.4) is 0 Å². The molecule has 1 saturated carbocycles. The lowest BCUT2D eigenvalue weighted by Crippen LogP contribution is -2.45. The molecule has 1 fully saturated rings. The molecule has 1 aromatic carbocycles. The van der Waals surface area contributed by atoms with Crippen molar-refractivity contribution in [2.75, 3.05) is 32.1 Å². The Morgan fingerprint density at radius 1 is 1.18 bits per heavy atom. The molecule has 0 amide bonds. The van der Waals surface area contributed by atoms with Crippen LogP contribution >= 0.6 is 35.7 Å². The second-order valence-electron chi connectivity index (χ2n) is 5.70. The molecule has 3 nitrogen and oxygen atoms in total. The monoisotopic (exact) mass is 433 g/mol. The largest absolute Gasteiger partial charge is 0.356 e. The highest BCUT2D eigenvalue weighted by Gasteiger charge is 2.35. The van der Waals surface area contributed by atoms with E-state index in [4.69, 9.17) is 0 Å². The number of guanidine groups is 1. The first-order valence-corrected chi connectivity index (χ1v) is 9.19. The fourth-order valence-electron chi connectivity index (χ4n) is 3.16. The van der Waals surface area contributed by atoms with Gasteiger partial charge in [-0.05, 0) is 24.7 Å². The zero-order valence-corrected chi connectivity index (χ0v) is 16.7. The van der Waals surface area contributed by atoms with Crippen molar-refractivity contribution in [3.8, 4) is 0 Å². The zero-order chi connectivity index (χ0) is 15.0. The van der Waals surface area contributed by atoms with Gasteiger partial charge in [-0.3, -0.25) is 4.99 Å². The van der Waals surface area contributed by atoms with Gasteiger partial charge in [0.2, 0.25) is 0 Å². The van der Waals surface area contributed by atoms with Gasteiger partial charge in [0.25, 0.3) is 0 Å². The minimum absolute atomic E-state index is 0. The van der Waals surface area contributed by atoms with E-state index in [0.717, 1.165) is 24.8 Å². The highest BCUT2D eigenvalue weighted by Crippen LogP contribution is 2.40. The molecule has 0 aromatic heterocycles. The van der Waals surface area contributed by atoms with Crippen molar-refractivity contribution in [3.63, 3.8) is 0 Å². The van der Waals surface area contributed by atoms with Gasteiger partial charge in [-0.15, -0.1) is 24.0 Å². The van der Waals surface area contributed by atoms with Crippen LogP contribution in [0, 0.1) is 0 Å². The van der Waals surface area contributed by atoms with Gasteiger partial charge in [-0.2, -0.15) is 11.8 Å². The molecule has 1 aliphatic rings. The number of hydrogen-bond acceptors (Lipinski definition) is 2. The molecule has 2 rings (SSSR count). The molecule has 0 atom stereocenters. The van der Waals surface area contributed by atoms with Crippen molar-refractivity contribution >= 4 is 41.7 Å². The molecule has 5 heteroatoms. The van der Waals surface area contributed by atoms with E-state index in [0.29, 0.717) is 0 Å². The minimum Gasteiger partial charge on any atom is -0.356 e. The minimum atomic E-state index is 0. The molecule has 2 N–H and O–H groups in total. The van der Waals surface area contributed by atoms with Gasteiger partial charge in [0, 0.05) is 31.3 Å². The first-order valence-electron chi connectivity index (χ1n) is 7.80. The Hall–Kier alpha value is -0.430. The second-order valence-corrected chi connectivity index (χ2v) is 6.68. The van der Waals surface area contributed by atoms with E-state index >= 15 is 0 Å². The number of aliphatic imine (C=N–C) groups is 1. The van der Waals surface area contributed by atoms with E-state index in [1.165, 1.54) is 31.2 Å². The number of nitrogens with zero attached hydrogens (tertiary/aromatic N) is 1. The molecule has 0 aliphatic heterocycles. The Bertz CT molecular complexity index is 444. The maximum atomic E-state index is 4.33. The van der Waals surface area contributed by atoms with Crippen molar-refractivity contribution in [2.45, 2.75) is 31.1 Å². The van der Waals surface area contributed by atoms with Gasteiger partial charge < -0.3 is 10.6 Å². The number of benzene rings is 1. The van der Waals surface area contributed by atoms with Crippen LogP contribution in [0.5, 0.6) is 0 Å². The Morgan fingerprint density at radius 3 is 2.45 bits per heavy atom. The van der Waals surface area contributed by atoms with Crippen LogP contribution in [0.25, 0.3) is 0 Å². The van der Waals surface area contributed by atoms with Crippen LogP contribution in [0.2, 0.25) is 0 Å². The van der Waals surface area contributed by atoms with E-state index in [1.54, 1.807) is 0 Å². The molecule has 124 valence electrons. The lowest BCUT2D eigenvalue weighted by atomic mass is 9.79. The lowest BCUT2D eigenvalue weighted by molar-refractivity contribution is 0.432. The summed E-state index contributed by atoms with van der Waals surface area (Å²) in [5.41, 5.74) is 1.74. The summed E-state index contributed by atoms with van der Waals surface area (Å²) in [6.45, 7) is 1.93. The van der Waals surface area contributed by atoms with Crippen LogP contribution in [0.4, 0.5) is 0 Å². The van der Waals surface area contributed by atoms with Gasteiger partial charge in [-0.1, -0.05) is 43.2 Å². The first-order chi connectivity index (χ1) is 10.3. The fraction of sp³-hybridized carbons (Fsp3) is 0.588. The van der Waals surface area contributed by atoms with Gasteiger partial charge in [-0.25, -0.2) is 0 Å². The highest BCUT2D eigenvalue weighted by atomic mass is 127. The fourth-order valence-corrected chi connectivity index (χ4v) is 3.46. The van der Waals surface area contributed by atoms with E-state index in [-0.39, 0.29) is 29.4 Å². The molecule has 0 spiro atoms. The molecule has 1 aromatic rings. The average molecular weight is 433 g/mol. The van der Waals surface area contributed by atoms with Gasteiger partial charge >= 0.3 is 0 Å². The summed E-state index contributed by atoms with van der Waals surface area (Å²) in [6.07, 6.45) is 7.32. The van der Waals surface area contributed by atoms with E-state index in [9.17, 15) is 0 Å². The quantitative estimate of drug-likeness (QED) is 0.311. The van der Waals surface area contributed by atoms with Gasteiger partial charge in [0.1, 0.15) is 0 Å². The Kier molecular flexibility index (Phi) is 9.24. The number of thioether (sulfide) groups is 1. The molecular weight excluding hydrogens is 405 g/mol. The Labute approximate surface area is 156 Å². The molecule has 0 heterocycles. The number of hydrogen-bond donors (Lipinski definition) is 2. The van der Waals surface area contributed by atoms with E-state index < -0.39 is 0 Å². The van der Waals surface area contributed by atoms with Crippen molar-refractivity contribution in [3.05, 3.63) is 35.9 Å². The van der Waals surface area contributed by atoms with Crippen LogP contribution in [-0.2, 0) is 5.41 Å². The topological polar surface area (TPSA) is 36.4 Å². The third-order valence-electron chi connectivity index (χ3n) is 4.36. The van der Waals surface area contributed by atoms with Crippen molar-refractivity contribution in [1.29, 1.82) is 0 Å².